The second-order valence-electron chi connectivity index (χ2n) is 6.02. The Bertz CT molecular complexity index is 741. The maximum absolute atomic E-state index is 13.1. The Labute approximate surface area is 143 Å². The second kappa shape index (κ2) is 7.05. The lowest BCUT2D eigenvalue weighted by Crippen LogP contribution is -2.35. The molecule has 2 aromatic rings. The van der Waals surface area contributed by atoms with Crippen molar-refractivity contribution in [2.75, 3.05) is 18.6 Å². The Morgan fingerprint density at radius 1 is 1.25 bits per heavy atom. The van der Waals surface area contributed by atoms with E-state index < -0.39 is 0 Å². The van der Waals surface area contributed by atoms with Crippen LogP contribution in [0.3, 0.4) is 0 Å². The number of para-hydroxylation sites is 1. The Morgan fingerprint density at radius 3 is 2.79 bits per heavy atom. The molecule has 0 saturated heterocycles. The van der Waals surface area contributed by atoms with Gasteiger partial charge in [0.25, 0.3) is 5.91 Å². The number of hydrogen-bond acceptors (Lipinski definition) is 3. The van der Waals surface area contributed by atoms with E-state index in [0.717, 1.165) is 23.4 Å². The summed E-state index contributed by atoms with van der Waals surface area (Å²) in [6.07, 6.45) is 0.893. The Balaban J connectivity index is 1.93. The van der Waals surface area contributed by atoms with Crippen molar-refractivity contribution in [2.45, 2.75) is 32.9 Å². The molecule has 0 unspecified atom stereocenters. The molecular weight excluding hydrogens is 302 g/mol. The van der Waals surface area contributed by atoms with Gasteiger partial charge in [-0.2, -0.15) is 0 Å². The van der Waals surface area contributed by atoms with Crippen LogP contribution in [0.15, 0.2) is 42.5 Å². The van der Waals surface area contributed by atoms with Gasteiger partial charge in [-0.05, 0) is 50.1 Å². The van der Waals surface area contributed by atoms with Gasteiger partial charge < -0.3 is 14.4 Å². The third-order valence-corrected chi connectivity index (χ3v) is 4.42. The van der Waals surface area contributed by atoms with Crippen LogP contribution in [0.25, 0.3) is 0 Å². The molecule has 0 spiro atoms. The SMILES string of the molecule is CCOCc1cc(C(=O)N2c3ccccc3C[C@@H]2C)ccc1OC. The number of nitrogens with zero attached hydrogens (tertiary/aromatic N) is 1. The number of carbonyl (C=O) groups excluding carboxylic acids is 1. The molecular formula is C20H23NO3. The maximum Gasteiger partial charge on any atom is 0.258 e. The Morgan fingerprint density at radius 2 is 2.04 bits per heavy atom. The highest BCUT2D eigenvalue weighted by atomic mass is 16.5. The first kappa shape index (κ1) is 16.5. The summed E-state index contributed by atoms with van der Waals surface area (Å²) in [4.78, 5) is 15.0. The van der Waals surface area contributed by atoms with Crippen molar-refractivity contribution in [1.29, 1.82) is 0 Å². The van der Waals surface area contributed by atoms with E-state index in [2.05, 4.69) is 13.0 Å². The fraction of sp³-hybridized carbons (Fsp3) is 0.350. The van der Waals surface area contributed by atoms with Crippen molar-refractivity contribution >= 4 is 11.6 Å². The highest BCUT2D eigenvalue weighted by Gasteiger charge is 2.31. The fourth-order valence-electron chi connectivity index (χ4n) is 3.25. The van der Waals surface area contributed by atoms with Crippen LogP contribution < -0.4 is 9.64 Å². The molecule has 0 N–H and O–H groups in total. The van der Waals surface area contributed by atoms with E-state index in [9.17, 15) is 4.79 Å². The third-order valence-electron chi connectivity index (χ3n) is 4.42. The number of anilines is 1. The summed E-state index contributed by atoms with van der Waals surface area (Å²) in [5.41, 5.74) is 3.79. The van der Waals surface area contributed by atoms with E-state index in [4.69, 9.17) is 9.47 Å². The minimum absolute atomic E-state index is 0.0212. The number of amides is 1. The molecule has 4 heteroatoms. The van der Waals surface area contributed by atoms with Crippen LogP contribution in [-0.4, -0.2) is 25.7 Å². The normalized spacial score (nSPS) is 16.1. The molecule has 1 aliphatic rings. The van der Waals surface area contributed by atoms with Gasteiger partial charge in [0.15, 0.2) is 0 Å². The summed E-state index contributed by atoms with van der Waals surface area (Å²) in [5, 5.41) is 0. The van der Waals surface area contributed by atoms with Crippen molar-refractivity contribution in [2.24, 2.45) is 0 Å². The number of methoxy groups -OCH3 is 1. The summed E-state index contributed by atoms with van der Waals surface area (Å²) in [7, 11) is 1.63. The summed E-state index contributed by atoms with van der Waals surface area (Å²) in [6.45, 7) is 5.09. The molecule has 2 aromatic carbocycles. The molecule has 126 valence electrons. The van der Waals surface area contributed by atoms with E-state index in [-0.39, 0.29) is 11.9 Å². The van der Waals surface area contributed by atoms with E-state index in [1.54, 1.807) is 7.11 Å². The third kappa shape index (κ3) is 3.02. The lowest BCUT2D eigenvalue weighted by molar-refractivity contribution is 0.0980. The highest BCUT2D eigenvalue weighted by molar-refractivity contribution is 6.08. The molecule has 4 nitrogen and oxygen atoms in total. The molecule has 3 rings (SSSR count). The van der Waals surface area contributed by atoms with Gasteiger partial charge >= 0.3 is 0 Å². The molecule has 0 aromatic heterocycles. The monoisotopic (exact) mass is 325 g/mol. The Hall–Kier alpha value is -2.33. The molecule has 1 atom stereocenters. The molecule has 1 aliphatic heterocycles. The molecule has 1 amide bonds. The zero-order valence-corrected chi connectivity index (χ0v) is 14.4. The molecule has 1 heterocycles. The van der Waals surface area contributed by atoms with Gasteiger partial charge in [0, 0.05) is 29.5 Å². The summed E-state index contributed by atoms with van der Waals surface area (Å²) in [5.74, 6) is 0.766. The zero-order valence-electron chi connectivity index (χ0n) is 14.4. The topological polar surface area (TPSA) is 38.8 Å². The second-order valence-corrected chi connectivity index (χ2v) is 6.02. The van der Waals surface area contributed by atoms with Crippen LogP contribution in [0, 0.1) is 0 Å². The van der Waals surface area contributed by atoms with Crippen molar-refractivity contribution < 1.29 is 14.3 Å². The van der Waals surface area contributed by atoms with Crippen LogP contribution >= 0.6 is 0 Å². The quantitative estimate of drug-likeness (QED) is 0.839. The van der Waals surface area contributed by atoms with Gasteiger partial charge in [-0.25, -0.2) is 0 Å². The first-order chi connectivity index (χ1) is 11.7. The Kier molecular flexibility index (Phi) is 4.86. The molecule has 0 bridgehead atoms. The predicted octanol–water partition coefficient (Wildman–Crippen LogP) is 3.82. The fourth-order valence-corrected chi connectivity index (χ4v) is 3.25. The smallest absolute Gasteiger partial charge is 0.258 e. The number of carbonyl (C=O) groups is 1. The number of benzene rings is 2. The van der Waals surface area contributed by atoms with Crippen molar-refractivity contribution in [3.05, 3.63) is 59.2 Å². The van der Waals surface area contributed by atoms with Crippen LogP contribution in [0.1, 0.15) is 35.3 Å². The van der Waals surface area contributed by atoms with Crippen LogP contribution in [0.5, 0.6) is 5.75 Å². The van der Waals surface area contributed by atoms with Gasteiger partial charge in [0.05, 0.1) is 13.7 Å². The highest BCUT2D eigenvalue weighted by Crippen LogP contribution is 2.33. The minimum atomic E-state index is 0.0212. The maximum atomic E-state index is 13.1. The lowest BCUT2D eigenvalue weighted by Gasteiger charge is -2.23. The average Bonchev–Trinajstić information content (AvgIpc) is 2.94. The molecule has 0 saturated carbocycles. The molecule has 0 radical (unpaired) electrons. The van der Waals surface area contributed by atoms with E-state index in [1.165, 1.54) is 5.56 Å². The van der Waals surface area contributed by atoms with Crippen LogP contribution in [0.4, 0.5) is 5.69 Å². The molecule has 0 fully saturated rings. The van der Waals surface area contributed by atoms with Crippen molar-refractivity contribution in [3.63, 3.8) is 0 Å². The van der Waals surface area contributed by atoms with Gasteiger partial charge in [-0.3, -0.25) is 4.79 Å². The summed E-state index contributed by atoms with van der Waals surface area (Å²) >= 11 is 0. The van der Waals surface area contributed by atoms with E-state index in [0.29, 0.717) is 18.8 Å². The van der Waals surface area contributed by atoms with Gasteiger partial charge in [0.2, 0.25) is 0 Å². The van der Waals surface area contributed by atoms with Gasteiger partial charge in [-0.1, -0.05) is 18.2 Å². The van der Waals surface area contributed by atoms with Crippen LogP contribution in [-0.2, 0) is 17.8 Å². The number of hydrogen-bond donors (Lipinski definition) is 0. The first-order valence-corrected chi connectivity index (χ1v) is 8.31. The van der Waals surface area contributed by atoms with E-state index in [1.807, 2.05) is 48.2 Å². The summed E-state index contributed by atoms with van der Waals surface area (Å²) in [6, 6.07) is 13.8. The first-order valence-electron chi connectivity index (χ1n) is 8.31. The number of ether oxygens (including phenoxy) is 2. The van der Waals surface area contributed by atoms with Crippen LogP contribution in [0.2, 0.25) is 0 Å². The standard InChI is InChI=1S/C20H23NO3/c1-4-24-13-17-12-16(9-10-19(17)23-3)20(22)21-14(2)11-15-7-5-6-8-18(15)21/h5-10,12,14H,4,11,13H2,1-3H3/t14-/m0/s1. The number of fused-ring (bicyclic) bond motifs is 1. The molecule has 0 aliphatic carbocycles. The van der Waals surface area contributed by atoms with Gasteiger partial charge in [-0.15, -0.1) is 0 Å². The average molecular weight is 325 g/mol. The largest absolute Gasteiger partial charge is 0.496 e. The minimum Gasteiger partial charge on any atom is -0.496 e. The van der Waals surface area contributed by atoms with E-state index >= 15 is 0 Å². The predicted molar refractivity (Wildman–Crippen MR) is 94.7 cm³/mol. The lowest BCUT2D eigenvalue weighted by atomic mass is 10.1. The van der Waals surface area contributed by atoms with Crippen molar-refractivity contribution in [1.82, 2.24) is 0 Å². The van der Waals surface area contributed by atoms with Gasteiger partial charge in [0.1, 0.15) is 5.75 Å². The molecule has 24 heavy (non-hydrogen) atoms. The summed E-state index contributed by atoms with van der Waals surface area (Å²) < 4.78 is 10.9. The van der Waals surface area contributed by atoms with Crippen molar-refractivity contribution in [3.8, 4) is 5.75 Å². The zero-order chi connectivity index (χ0) is 17.1. The number of rotatable bonds is 5.